The van der Waals surface area contributed by atoms with Gasteiger partial charge in [-0.25, -0.2) is 9.37 Å². The molecule has 0 atom stereocenters. The molecule has 1 saturated heterocycles. The van der Waals surface area contributed by atoms with Crippen LogP contribution in [0.3, 0.4) is 0 Å². The number of fused-ring (bicyclic) bond motifs is 6. The molecule has 0 unspecified atom stereocenters. The highest BCUT2D eigenvalue weighted by Crippen LogP contribution is 2.36. The van der Waals surface area contributed by atoms with Gasteiger partial charge in [0.15, 0.2) is 5.65 Å². The second-order valence-corrected chi connectivity index (χ2v) is 12.8. The molecule has 2 N–H and O–H groups in total. The van der Waals surface area contributed by atoms with Crippen LogP contribution in [0, 0.1) is 12.7 Å². The zero-order chi connectivity index (χ0) is 32.4. The van der Waals surface area contributed by atoms with Crippen LogP contribution in [0.15, 0.2) is 60.7 Å². The summed E-state index contributed by atoms with van der Waals surface area (Å²) in [4.78, 5) is 18.8. The molecule has 3 aliphatic rings. The molecule has 1 fully saturated rings. The molecule has 5 heterocycles. The Balaban J connectivity index is 0.000000743. The first kappa shape index (κ1) is 32.1. The van der Waals surface area contributed by atoms with Crippen LogP contribution in [0.1, 0.15) is 51.8 Å². The highest BCUT2D eigenvalue weighted by molar-refractivity contribution is 5.78. The van der Waals surface area contributed by atoms with E-state index >= 15 is 0 Å². The molecule has 2 aromatic carbocycles. The Labute approximate surface area is 262 Å². The molecule has 0 radical (unpaired) electrons. The molecule has 0 aliphatic carbocycles. The predicted molar refractivity (Wildman–Crippen MR) is 172 cm³/mol. The summed E-state index contributed by atoms with van der Waals surface area (Å²) in [6, 6.07) is 14.1. The lowest BCUT2D eigenvalue weighted by molar-refractivity contribution is -0.136. The summed E-state index contributed by atoms with van der Waals surface area (Å²) in [5.41, 5.74) is 4.11. The summed E-state index contributed by atoms with van der Waals surface area (Å²) < 4.78 is 28.4. The van der Waals surface area contributed by atoms with Crippen LogP contribution in [0.4, 0.5) is 10.2 Å². The van der Waals surface area contributed by atoms with E-state index in [1.54, 1.807) is 31.4 Å². The number of hydrogen-bond acceptors (Lipinski definition) is 7. The number of rotatable bonds is 2. The predicted octanol–water partition coefficient (Wildman–Crippen LogP) is 6.24. The third kappa shape index (κ3) is 7.87. The van der Waals surface area contributed by atoms with E-state index in [1.165, 1.54) is 12.1 Å². The minimum Gasteiger partial charge on any atom is -0.489 e. The van der Waals surface area contributed by atoms with Gasteiger partial charge in [0.2, 0.25) is 0 Å². The van der Waals surface area contributed by atoms with Gasteiger partial charge in [0.1, 0.15) is 24.0 Å². The van der Waals surface area contributed by atoms with E-state index in [0.717, 1.165) is 29.8 Å². The number of anilines is 1. The number of carboxylic acids is 1. The van der Waals surface area contributed by atoms with Gasteiger partial charge in [0.05, 0.1) is 29.9 Å². The van der Waals surface area contributed by atoms with E-state index in [1.807, 2.05) is 49.4 Å². The Morgan fingerprint density at radius 1 is 1.04 bits per heavy atom. The summed E-state index contributed by atoms with van der Waals surface area (Å²) in [6.45, 7) is 11.4. The monoisotopic (exact) mass is 616 g/mol. The van der Waals surface area contributed by atoms with Crippen molar-refractivity contribution in [2.45, 2.75) is 65.1 Å². The molecule has 45 heavy (non-hydrogen) atoms. The molecule has 0 spiro atoms. The molecular formula is C35H41FN4O5. The van der Waals surface area contributed by atoms with E-state index in [2.05, 4.69) is 11.8 Å². The first-order valence-electron chi connectivity index (χ1n) is 15.2. The van der Waals surface area contributed by atoms with Crippen molar-refractivity contribution in [1.29, 1.82) is 0 Å². The molecule has 10 heteroatoms. The average Bonchev–Trinajstić information content (AvgIpc) is 3.39. The molecule has 2 aromatic heterocycles. The van der Waals surface area contributed by atoms with Gasteiger partial charge in [-0.1, -0.05) is 24.3 Å². The zero-order valence-corrected chi connectivity index (χ0v) is 26.5. The number of ether oxygens (including phenoxy) is 2. The lowest BCUT2D eigenvalue weighted by Gasteiger charge is -2.40. The Morgan fingerprint density at radius 2 is 1.73 bits per heavy atom. The van der Waals surface area contributed by atoms with Gasteiger partial charge < -0.3 is 24.6 Å². The third-order valence-corrected chi connectivity index (χ3v) is 7.77. The van der Waals surface area contributed by atoms with E-state index < -0.39 is 11.6 Å². The standard InChI is InChI=1S/C31H31FN4O4.C4H10O/c1-20-24(18-29(37)38)30-35-12-10-31(2,11-13-35)40-15-4-3-14-39-27-9-8-23(32)17-25(27)21-6-5-7-22(16-21)26-19-28(33-20)36(30)34-26;1-4(2,3)5/h3-9,16-17,19H,10-15,18H2,1-2H3,(H,37,38);5H,1-3H3/b4-3+;. The first-order chi connectivity index (χ1) is 21.3. The van der Waals surface area contributed by atoms with Crippen molar-refractivity contribution >= 4 is 17.4 Å². The molecular weight excluding hydrogens is 575 g/mol. The highest BCUT2D eigenvalue weighted by Gasteiger charge is 2.33. The number of carboxylic acid groups (broad SMARTS) is 1. The minimum absolute atomic E-state index is 0.147. The summed E-state index contributed by atoms with van der Waals surface area (Å²) in [5.74, 6) is 0.0679. The number of benzene rings is 2. The van der Waals surface area contributed by atoms with Gasteiger partial charge in [-0.05, 0) is 83.4 Å². The van der Waals surface area contributed by atoms with Crippen LogP contribution >= 0.6 is 0 Å². The molecule has 3 aliphatic heterocycles. The molecule has 0 amide bonds. The fraction of sp³-hybridized carbons (Fsp3) is 0.400. The number of aromatic nitrogens is 3. The summed E-state index contributed by atoms with van der Waals surface area (Å²) in [7, 11) is 0. The lowest BCUT2D eigenvalue weighted by atomic mass is 9.93. The smallest absolute Gasteiger partial charge is 0.308 e. The Bertz CT molecular complexity index is 1710. The van der Waals surface area contributed by atoms with Gasteiger partial charge in [-0.3, -0.25) is 4.79 Å². The minimum atomic E-state index is -0.916. The Morgan fingerprint density at radius 3 is 2.44 bits per heavy atom. The van der Waals surface area contributed by atoms with Gasteiger partial charge >= 0.3 is 5.97 Å². The maximum Gasteiger partial charge on any atom is 0.308 e. The van der Waals surface area contributed by atoms with E-state index in [4.69, 9.17) is 24.7 Å². The fourth-order valence-corrected chi connectivity index (χ4v) is 5.52. The molecule has 6 bridgehead atoms. The third-order valence-electron chi connectivity index (χ3n) is 7.77. The van der Waals surface area contributed by atoms with E-state index in [9.17, 15) is 14.3 Å². The summed E-state index contributed by atoms with van der Waals surface area (Å²) >= 11 is 0. The Hall–Kier alpha value is -4.28. The maximum absolute atomic E-state index is 14.3. The molecule has 238 valence electrons. The van der Waals surface area contributed by atoms with Crippen molar-refractivity contribution < 1.29 is 28.9 Å². The first-order valence-corrected chi connectivity index (χ1v) is 15.2. The van der Waals surface area contributed by atoms with Crippen molar-refractivity contribution in [3.05, 3.63) is 77.8 Å². The average molecular weight is 617 g/mol. The molecule has 7 rings (SSSR count). The summed E-state index contributed by atoms with van der Waals surface area (Å²) in [5, 5.41) is 23.2. The van der Waals surface area contributed by atoms with Gasteiger partial charge in [-0.2, -0.15) is 9.61 Å². The highest BCUT2D eigenvalue weighted by atomic mass is 19.1. The number of hydrogen-bond donors (Lipinski definition) is 2. The number of carbonyl (C=O) groups is 1. The van der Waals surface area contributed by atoms with E-state index in [-0.39, 0.29) is 17.8 Å². The van der Waals surface area contributed by atoms with Crippen LogP contribution in [-0.2, 0) is 16.0 Å². The van der Waals surface area contributed by atoms with Crippen molar-refractivity contribution in [3.63, 3.8) is 0 Å². The number of aliphatic carboxylic acids is 1. The van der Waals surface area contributed by atoms with Gasteiger partial charge in [0.25, 0.3) is 0 Å². The molecule has 9 nitrogen and oxygen atoms in total. The zero-order valence-electron chi connectivity index (χ0n) is 26.5. The number of halogens is 1. The van der Waals surface area contributed by atoms with Crippen LogP contribution in [0.5, 0.6) is 5.75 Å². The second-order valence-electron chi connectivity index (χ2n) is 12.8. The molecule has 0 saturated carbocycles. The Kier molecular flexibility index (Phi) is 9.27. The topological polar surface area (TPSA) is 109 Å². The van der Waals surface area contributed by atoms with Crippen LogP contribution < -0.4 is 9.64 Å². The van der Waals surface area contributed by atoms with Gasteiger partial charge in [0, 0.05) is 41.5 Å². The number of aryl methyl sites for hydroxylation is 1. The molecule has 4 aromatic rings. The van der Waals surface area contributed by atoms with Crippen LogP contribution in [0.2, 0.25) is 0 Å². The summed E-state index contributed by atoms with van der Waals surface area (Å²) in [6.07, 6.45) is 5.27. The fourth-order valence-electron chi connectivity index (χ4n) is 5.52. The largest absolute Gasteiger partial charge is 0.489 e. The van der Waals surface area contributed by atoms with Crippen molar-refractivity contribution in [2.75, 3.05) is 31.2 Å². The second kappa shape index (κ2) is 13.0. The SMILES string of the molecule is CC(C)(C)O.Cc1nc2cc3nn2c(c1CC(=O)O)N1CCC(C)(CC1)OC/C=C/COc1ccc(F)cc1-c1cccc-3c1. The maximum atomic E-state index is 14.3. The lowest BCUT2D eigenvalue weighted by Crippen LogP contribution is -2.45. The van der Waals surface area contributed by atoms with E-state index in [0.29, 0.717) is 60.2 Å². The quantitative estimate of drug-likeness (QED) is 0.255. The normalized spacial score (nSPS) is 16.9. The van der Waals surface area contributed by atoms with Crippen molar-refractivity contribution in [3.8, 4) is 28.1 Å². The van der Waals surface area contributed by atoms with Gasteiger partial charge in [-0.15, -0.1) is 0 Å². The van der Waals surface area contributed by atoms with Crippen LogP contribution in [-0.4, -0.2) is 68.3 Å². The van der Waals surface area contributed by atoms with Crippen LogP contribution in [0.25, 0.3) is 28.0 Å². The number of aliphatic hydroxyl groups is 1. The number of nitrogens with zero attached hydrogens (tertiary/aromatic N) is 4. The van der Waals surface area contributed by atoms with Crippen molar-refractivity contribution in [1.82, 2.24) is 14.6 Å². The van der Waals surface area contributed by atoms with Crippen molar-refractivity contribution in [2.24, 2.45) is 0 Å². The number of piperidine rings is 1.